The molecule has 2 aliphatic rings. The van der Waals surface area contributed by atoms with Crippen LogP contribution >= 0.6 is 35.7 Å². The van der Waals surface area contributed by atoms with E-state index in [-0.39, 0.29) is 29.3 Å². The number of β-lactam (4-membered cyclic amide) rings is 1. The van der Waals surface area contributed by atoms with Crippen LogP contribution in [-0.4, -0.2) is 44.0 Å². The second-order valence-electron chi connectivity index (χ2n) is 7.65. The van der Waals surface area contributed by atoms with Gasteiger partial charge >= 0.3 is 0 Å². The number of fused-ring (bicyclic) bond motifs is 1. The zero-order valence-electron chi connectivity index (χ0n) is 17.3. The van der Waals surface area contributed by atoms with Crippen molar-refractivity contribution in [2.45, 2.75) is 17.8 Å². The molecule has 1 aromatic heterocycles. The Hall–Kier alpha value is -2.88. The Bertz CT molecular complexity index is 1260. The summed E-state index contributed by atoms with van der Waals surface area (Å²) in [5, 5.41) is 2.72. The lowest BCUT2D eigenvalue weighted by molar-refractivity contribution is -0.146. The van der Waals surface area contributed by atoms with E-state index in [9.17, 15) is 14.4 Å². The van der Waals surface area contributed by atoms with Crippen molar-refractivity contribution < 1.29 is 14.4 Å². The molecule has 0 spiro atoms. The smallest absolute Gasteiger partial charge is 0.253 e. The van der Waals surface area contributed by atoms with Crippen LogP contribution in [0.4, 0.5) is 0 Å². The molecule has 0 unspecified atom stereocenters. The molecule has 33 heavy (non-hydrogen) atoms. The van der Waals surface area contributed by atoms with Crippen LogP contribution in [0, 0.1) is 0 Å². The number of carbonyl (C=O) groups excluding carboxylic acids is 3. The van der Waals surface area contributed by atoms with Crippen molar-refractivity contribution in [3.8, 4) is 10.4 Å². The van der Waals surface area contributed by atoms with Crippen molar-refractivity contribution in [2.24, 2.45) is 0 Å². The highest BCUT2D eigenvalue weighted by Gasteiger charge is 2.54. The third-order valence-corrected chi connectivity index (χ3v) is 8.11. The van der Waals surface area contributed by atoms with Gasteiger partial charge in [0, 0.05) is 17.5 Å². The number of thiazole rings is 1. The van der Waals surface area contributed by atoms with E-state index in [1.165, 1.54) is 28.0 Å². The van der Waals surface area contributed by atoms with Crippen molar-refractivity contribution in [1.82, 2.24) is 15.2 Å². The minimum Gasteiger partial charge on any atom is -0.341 e. The van der Waals surface area contributed by atoms with Gasteiger partial charge in [-0.2, -0.15) is 0 Å². The monoisotopic (exact) mass is 493 g/mol. The number of carbonyl (C=O) groups is 3. The highest BCUT2D eigenvalue weighted by molar-refractivity contribution is 8.00. The minimum absolute atomic E-state index is 0.197. The number of hydrogen-bond acceptors (Lipinski definition) is 6. The maximum Gasteiger partial charge on any atom is 0.253 e. The summed E-state index contributed by atoms with van der Waals surface area (Å²) in [6, 6.07) is 18.6. The molecule has 9 heteroatoms. The number of rotatable bonds is 6. The van der Waals surface area contributed by atoms with E-state index in [0.29, 0.717) is 16.3 Å². The summed E-state index contributed by atoms with van der Waals surface area (Å²) in [5.41, 5.74) is 2.88. The third-order valence-electron chi connectivity index (χ3n) is 5.52. The zero-order chi connectivity index (χ0) is 22.9. The summed E-state index contributed by atoms with van der Waals surface area (Å²) in [7, 11) is 0. The van der Waals surface area contributed by atoms with E-state index in [4.69, 9.17) is 0 Å². The summed E-state index contributed by atoms with van der Waals surface area (Å²) in [4.78, 5) is 44.9. The van der Waals surface area contributed by atoms with Crippen LogP contribution < -0.4 is 5.32 Å². The number of hydrogen-bond donors (Lipinski definition) is 2. The van der Waals surface area contributed by atoms with Gasteiger partial charge in [-0.1, -0.05) is 73.3 Å². The summed E-state index contributed by atoms with van der Waals surface area (Å²) >= 11 is 7.05. The maximum atomic E-state index is 13.0. The highest BCUT2D eigenvalue weighted by Crippen LogP contribution is 2.45. The van der Waals surface area contributed by atoms with Gasteiger partial charge < -0.3 is 5.32 Å². The van der Waals surface area contributed by atoms with Crippen LogP contribution in [0.5, 0.6) is 0 Å². The summed E-state index contributed by atoms with van der Waals surface area (Å²) < 4.78 is 0. The van der Waals surface area contributed by atoms with E-state index < -0.39 is 11.2 Å². The van der Waals surface area contributed by atoms with Gasteiger partial charge in [0.1, 0.15) is 22.1 Å². The van der Waals surface area contributed by atoms with Gasteiger partial charge in [-0.25, -0.2) is 4.98 Å². The molecule has 166 valence electrons. The lowest BCUT2D eigenvalue weighted by atomic mass is 10.0. The van der Waals surface area contributed by atoms with Gasteiger partial charge in [0.25, 0.3) is 5.91 Å². The average molecular weight is 494 g/mol. The maximum absolute atomic E-state index is 13.0. The second kappa shape index (κ2) is 9.17. The summed E-state index contributed by atoms with van der Waals surface area (Å²) in [6.07, 6.45) is 1.98. The second-order valence-corrected chi connectivity index (χ2v) is 10.2. The quantitative estimate of drug-likeness (QED) is 0.405. The van der Waals surface area contributed by atoms with Crippen molar-refractivity contribution in [2.75, 3.05) is 5.75 Å². The lowest BCUT2D eigenvalue weighted by Crippen LogP contribution is -2.70. The standard InChI is InChI=1S/C24H19N3O3S3/c28-18(11-14-7-3-1-4-8-14)26-19-22(29)27-20(24(30)31)16(13-32-23(19)27)21-25-12-17(33-21)15-9-5-2-6-10-15/h1-10,12,19,23H,11,13H2,(H,26,28)(H,30,31)/t19-,23-/m1/s1. The molecule has 2 aliphatic heterocycles. The normalized spacial score (nSPS) is 19.7. The molecule has 0 radical (unpaired) electrons. The molecule has 1 N–H and O–H groups in total. The Morgan fingerprint density at radius 3 is 2.48 bits per heavy atom. The first kappa shape index (κ1) is 21.9. The number of thiol groups is 1. The van der Waals surface area contributed by atoms with Crippen LogP contribution in [0.15, 0.2) is 72.6 Å². The highest BCUT2D eigenvalue weighted by atomic mass is 32.2. The van der Waals surface area contributed by atoms with E-state index >= 15 is 0 Å². The number of thioether (sulfide) groups is 1. The van der Waals surface area contributed by atoms with Crippen molar-refractivity contribution >= 4 is 58.2 Å². The zero-order valence-corrected chi connectivity index (χ0v) is 19.8. The molecule has 2 amide bonds. The van der Waals surface area contributed by atoms with Crippen molar-refractivity contribution in [1.29, 1.82) is 0 Å². The first-order valence-electron chi connectivity index (χ1n) is 10.3. The topological polar surface area (TPSA) is 79.4 Å². The molecule has 2 atom stereocenters. The summed E-state index contributed by atoms with van der Waals surface area (Å²) in [6.45, 7) is 0. The molecule has 0 saturated carbocycles. The molecule has 0 bridgehead atoms. The average Bonchev–Trinajstić information content (AvgIpc) is 3.33. The van der Waals surface area contributed by atoms with E-state index in [0.717, 1.165) is 16.0 Å². The molecule has 1 saturated heterocycles. The minimum atomic E-state index is -0.661. The molecule has 1 fully saturated rings. The Labute approximate surface area is 204 Å². The third kappa shape index (κ3) is 4.23. The summed E-state index contributed by atoms with van der Waals surface area (Å²) in [5.74, 6) is -0.0211. The van der Waals surface area contributed by atoms with Crippen LogP contribution in [0.2, 0.25) is 0 Å². The molecule has 3 heterocycles. The van der Waals surface area contributed by atoms with Crippen LogP contribution in [0.3, 0.4) is 0 Å². The fourth-order valence-corrected chi connectivity index (χ4v) is 6.58. The number of nitrogens with zero attached hydrogens (tertiary/aromatic N) is 2. The number of amides is 2. The SMILES string of the molecule is O=C(Cc1ccccc1)N[C@@H]1C(=O)N2C(C(=O)S)=C(c3ncc(-c4ccccc4)s3)CS[C@H]12. The number of nitrogens with one attached hydrogen (secondary N) is 1. The molecule has 6 nitrogen and oxygen atoms in total. The van der Waals surface area contributed by atoms with E-state index in [2.05, 4.69) is 22.9 Å². The fraction of sp³-hybridized carbons (Fsp3) is 0.167. The Morgan fingerprint density at radius 1 is 1.09 bits per heavy atom. The lowest BCUT2D eigenvalue weighted by Gasteiger charge is -2.49. The van der Waals surface area contributed by atoms with Crippen LogP contribution in [0.1, 0.15) is 10.6 Å². The van der Waals surface area contributed by atoms with Crippen molar-refractivity contribution in [3.05, 3.63) is 83.1 Å². The predicted octanol–water partition coefficient (Wildman–Crippen LogP) is 3.62. The van der Waals surface area contributed by atoms with E-state index in [1.54, 1.807) is 6.20 Å². The number of aromatic nitrogens is 1. The first-order chi connectivity index (χ1) is 16.0. The molecule has 0 aliphatic carbocycles. The van der Waals surface area contributed by atoms with Gasteiger partial charge in [0.05, 0.1) is 11.3 Å². The van der Waals surface area contributed by atoms with Crippen molar-refractivity contribution in [3.63, 3.8) is 0 Å². The molecule has 3 aromatic rings. The molecule has 5 rings (SSSR count). The van der Waals surface area contributed by atoms with Gasteiger partial charge in [0.2, 0.25) is 11.0 Å². The fourth-order valence-electron chi connectivity index (χ4n) is 3.94. The molecular formula is C24H19N3O3S3. The molecular weight excluding hydrogens is 474 g/mol. The predicted molar refractivity (Wildman–Crippen MR) is 134 cm³/mol. The van der Waals surface area contributed by atoms with E-state index in [1.807, 2.05) is 60.7 Å². The Kier molecular flexibility index (Phi) is 6.09. The van der Waals surface area contributed by atoms with Gasteiger partial charge in [-0.15, -0.1) is 23.1 Å². The van der Waals surface area contributed by atoms with Gasteiger partial charge in [-0.05, 0) is 11.1 Å². The van der Waals surface area contributed by atoms with Gasteiger partial charge in [0.15, 0.2) is 0 Å². The van der Waals surface area contributed by atoms with Crippen LogP contribution in [-0.2, 0) is 20.8 Å². The van der Waals surface area contributed by atoms with Crippen LogP contribution in [0.25, 0.3) is 16.0 Å². The number of benzene rings is 2. The first-order valence-corrected chi connectivity index (χ1v) is 12.6. The Morgan fingerprint density at radius 2 is 1.79 bits per heavy atom. The molecule has 2 aromatic carbocycles. The Balaban J connectivity index is 1.36. The largest absolute Gasteiger partial charge is 0.341 e. The van der Waals surface area contributed by atoms with Gasteiger partial charge in [-0.3, -0.25) is 19.3 Å².